The summed E-state index contributed by atoms with van der Waals surface area (Å²) >= 11 is 0. The Morgan fingerprint density at radius 1 is 0.889 bits per heavy atom. The van der Waals surface area contributed by atoms with Crippen LogP contribution < -0.4 is 0 Å². The van der Waals surface area contributed by atoms with Gasteiger partial charge in [-0.2, -0.15) is 0 Å². The van der Waals surface area contributed by atoms with Crippen molar-refractivity contribution < 1.29 is 4.74 Å². The molecule has 1 aliphatic heterocycles. The van der Waals surface area contributed by atoms with E-state index in [1.807, 2.05) is 13.8 Å². The number of ether oxygens (including phenoxy) is 1. The lowest BCUT2D eigenvalue weighted by Gasteiger charge is -2.31. The van der Waals surface area contributed by atoms with Gasteiger partial charge in [-0.15, -0.1) is 0 Å². The monoisotopic (exact) mass is 480 g/mol. The number of fused-ring (bicyclic) bond motifs is 3. The third kappa shape index (κ3) is 6.51. The van der Waals surface area contributed by atoms with E-state index in [-0.39, 0.29) is 0 Å². The molecule has 1 unspecified atom stereocenters. The van der Waals surface area contributed by atoms with Crippen LogP contribution in [0.3, 0.4) is 0 Å². The van der Waals surface area contributed by atoms with E-state index in [1.165, 1.54) is 70.3 Å². The van der Waals surface area contributed by atoms with Crippen LogP contribution in [0.5, 0.6) is 0 Å². The minimum Gasteiger partial charge on any atom is -0.376 e. The minimum atomic E-state index is -0.898. The molecule has 4 rings (SSSR count). The van der Waals surface area contributed by atoms with Crippen LogP contribution >= 0.6 is 0 Å². The number of allylic oxidation sites excluding steroid dienone is 2. The lowest BCUT2D eigenvalue weighted by atomic mass is 9.72. The molecule has 1 atom stereocenters. The average molecular weight is 481 g/mol. The first-order chi connectivity index (χ1) is 17.6. The quantitative estimate of drug-likeness (QED) is 0.205. The van der Waals surface area contributed by atoms with Gasteiger partial charge in [0, 0.05) is 6.61 Å². The van der Waals surface area contributed by atoms with Gasteiger partial charge in [0.1, 0.15) is 7.85 Å². The van der Waals surface area contributed by atoms with Gasteiger partial charge in [0.05, 0.1) is 5.50 Å². The molecule has 2 radical (unpaired) electrons. The van der Waals surface area contributed by atoms with Crippen LogP contribution in [0.1, 0.15) is 102 Å². The molecule has 36 heavy (non-hydrogen) atoms. The number of rotatable bonds is 4. The molecule has 3 aromatic rings. The van der Waals surface area contributed by atoms with Crippen molar-refractivity contribution in [3.8, 4) is 0 Å². The molecular formula is C34H45BO. The van der Waals surface area contributed by atoms with Crippen molar-refractivity contribution in [1.82, 2.24) is 0 Å². The third-order valence-corrected chi connectivity index (χ3v) is 7.34. The molecule has 0 saturated carbocycles. The topological polar surface area (TPSA) is 9.23 Å². The Kier molecular flexibility index (Phi) is 10.9. The fourth-order valence-electron chi connectivity index (χ4n) is 5.52. The molecule has 0 N–H and O–H groups in total. The molecule has 2 heteroatoms. The van der Waals surface area contributed by atoms with Crippen LogP contribution in [-0.4, -0.2) is 14.5 Å². The maximum Gasteiger partial charge on any atom is 0.126 e. The summed E-state index contributed by atoms with van der Waals surface area (Å²) in [5.41, 5.74) is 4.17. The average Bonchev–Trinajstić information content (AvgIpc) is 2.90. The number of hydrogen-bond acceptors (Lipinski definition) is 1. The molecule has 1 nitrogen and oxygen atoms in total. The van der Waals surface area contributed by atoms with Crippen LogP contribution in [0.2, 0.25) is 0 Å². The van der Waals surface area contributed by atoms with E-state index in [0.717, 1.165) is 31.2 Å². The third-order valence-electron chi connectivity index (χ3n) is 7.34. The zero-order valence-electron chi connectivity index (χ0n) is 23.3. The zero-order valence-corrected chi connectivity index (χ0v) is 23.3. The van der Waals surface area contributed by atoms with Gasteiger partial charge >= 0.3 is 0 Å². The predicted molar refractivity (Wildman–Crippen MR) is 161 cm³/mol. The summed E-state index contributed by atoms with van der Waals surface area (Å²) in [5.74, 6) is 0. The van der Waals surface area contributed by atoms with Crippen molar-refractivity contribution >= 4 is 35.5 Å². The lowest BCUT2D eigenvalue weighted by Crippen LogP contribution is -2.29. The van der Waals surface area contributed by atoms with Crippen molar-refractivity contribution in [3.63, 3.8) is 0 Å². The molecule has 0 aliphatic carbocycles. The molecule has 0 bridgehead atoms. The first-order valence-electron chi connectivity index (χ1n) is 14.3. The highest BCUT2D eigenvalue weighted by molar-refractivity contribution is 6.17. The minimum absolute atomic E-state index is 0.697. The van der Waals surface area contributed by atoms with Gasteiger partial charge in [0.15, 0.2) is 0 Å². The molecule has 190 valence electrons. The molecule has 1 heterocycles. The van der Waals surface area contributed by atoms with Crippen LogP contribution in [0, 0.1) is 6.92 Å². The van der Waals surface area contributed by atoms with Crippen LogP contribution in [0.25, 0.3) is 27.6 Å². The highest BCUT2D eigenvalue weighted by Gasteiger charge is 2.26. The smallest absolute Gasteiger partial charge is 0.126 e. The van der Waals surface area contributed by atoms with E-state index in [9.17, 15) is 0 Å². The predicted octanol–water partition coefficient (Wildman–Crippen LogP) is 10.2. The first kappa shape index (κ1) is 28.3. The highest BCUT2D eigenvalue weighted by atomic mass is 16.5. The zero-order chi connectivity index (χ0) is 26.0. The molecule has 0 aromatic heterocycles. The van der Waals surface area contributed by atoms with Gasteiger partial charge in [-0.1, -0.05) is 113 Å². The molecule has 0 spiro atoms. The van der Waals surface area contributed by atoms with Crippen molar-refractivity contribution in [3.05, 3.63) is 76.9 Å². The first-order valence-corrected chi connectivity index (χ1v) is 14.3. The van der Waals surface area contributed by atoms with Crippen molar-refractivity contribution in [2.24, 2.45) is 0 Å². The van der Waals surface area contributed by atoms with Gasteiger partial charge in [-0.05, 0) is 83.8 Å². The van der Waals surface area contributed by atoms with E-state index < -0.39 is 5.50 Å². The fraction of sp³-hybridized carbons (Fsp3) is 0.471. The Balaban J connectivity index is 0.00000176. The Hall–Kier alpha value is -2.32. The van der Waals surface area contributed by atoms with E-state index >= 15 is 0 Å². The van der Waals surface area contributed by atoms with Crippen LogP contribution in [0.15, 0.2) is 60.2 Å². The second-order valence-electron chi connectivity index (χ2n) is 9.91. The molecule has 3 aromatic carbocycles. The van der Waals surface area contributed by atoms with Crippen molar-refractivity contribution in [1.29, 1.82) is 0 Å². The van der Waals surface area contributed by atoms with E-state index in [0.29, 0.717) is 6.61 Å². The summed E-state index contributed by atoms with van der Waals surface area (Å²) in [6.45, 7) is 11.3. The summed E-state index contributed by atoms with van der Waals surface area (Å²) in [4.78, 5) is 0. The van der Waals surface area contributed by atoms with Gasteiger partial charge in [0.2, 0.25) is 0 Å². The molecule has 1 aliphatic rings. The Labute approximate surface area is 221 Å². The van der Waals surface area contributed by atoms with E-state index in [1.54, 1.807) is 0 Å². The molecule has 0 fully saturated rings. The summed E-state index contributed by atoms with van der Waals surface area (Å²) in [6, 6.07) is 15.4. The fourth-order valence-corrected chi connectivity index (χ4v) is 5.52. The molecular weight excluding hydrogens is 435 g/mol. The maximum atomic E-state index is 7.13. The van der Waals surface area contributed by atoms with Gasteiger partial charge in [-0.3, -0.25) is 0 Å². The van der Waals surface area contributed by atoms with Gasteiger partial charge in [0.25, 0.3) is 0 Å². The Morgan fingerprint density at radius 2 is 1.56 bits per heavy atom. The highest BCUT2D eigenvalue weighted by Crippen LogP contribution is 2.37. The van der Waals surface area contributed by atoms with Gasteiger partial charge < -0.3 is 4.74 Å². The number of aryl methyl sites for hydroxylation is 1. The summed E-state index contributed by atoms with van der Waals surface area (Å²) in [6.07, 6.45) is 17.4. The molecule has 0 saturated heterocycles. The molecule has 0 amide bonds. The lowest BCUT2D eigenvalue weighted by molar-refractivity contribution is 0.0473. The normalized spacial score (nSPS) is 21.3. The van der Waals surface area contributed by atoms with Crippen LogP contribution in [0.4, 0.5) is 0 Å². The van der Waals surface area contributed by atoms with Crippen molar-refractivity contribution in [2.45, 2.75) is 97.9 Å². The van der Waals surface area contributed by atoms with Crippen molar-refractivity contribution in [2.75, 3.05) is 6.61 Å². The standard InChI is InChI=1S/C32H39BO.C2H6/c1-4-14-25-16-10-8-6-7-9-13-21-34-32(33,23-25)26-19-20-30-29-18-12-11-17-28(29)24(3)27(15-5-2)31(30)22-26;1-2/h5,11-12,15,17-20,22-23H,4,6-10,13-14,16,21H2,1-3H3;1-2H3/b15-5-,25-23-;. The van der Waals surface area contributed by atoms with Gasteiger partial charge in [-0.25, -0.2) is 0 Å². The second kappa shape index (κ2) is 13.8. The van der Waals surface area contributed by atoms with E-state index in [2.05, 4.69) is 81.5 Å². The number of hydrogen-bond donors (Lipinski definition) is 0. The Bertz CT molecular complexity index is 1190. The summed E-state index contributed by atoms with van der Waals surface area (Å²) < 4.78 is 6.51. The largest absolute Gasteiger partial charge is 0.376 e. The van der Waals surface area contributed by atoms with Crippen LogP contribution in [-0.2, 0) is 10.2 Å². The SMILES string of the molecule is CC.[B]C1(c2ccc3c(c2)c(/C=C\C)c(C)c2ccccc23)/C=C(/CCC)CCCCCCCCO1. The summed E-state index contributed by atoms with van der Waals surface area (Å²) in [5, 5.41) is 5.12. The second-order valence-corrected chi connectivity index (χ2v) is 9.91. The van der Waals surface area contributed by atoms with E-state index in [4.69, 9.17) is 12.6 Å². The Morgan fingerprint density at radius 3 is 2.28 bits per heavy atom. The maximum absolute atomic E-state index is 7.13. The number of benzene rings is 3. The summed E-state index contributed by atoms with van der Waals surface area (Å²) in [7, 11) is 7.13.